The number of aromatic amines is 1. The van der Waals surface area contributed by atoms with E-state index < -0.39 is 0 Å². The SMILES string of the molecule is CC1=NCC(c2cnc(C(C)C)[nH]2)=CC1. The average molecular weight is 203 g/mol. The number of rotatable bonds is 2. The summed E-state index contributed by atoms with van der Waals surface area (Å²) in [6.45, 7) is 7.13. The van der Waals surface area contributed by atoms with Crippen molar-refractivity contribution in [2.24, 2.45) is 4.99 Å². The maximum Gasteiger partial charge on any atom is 0.109 e. The molecule has 15 heavy (non-hydrogen) atoms. The number of H-pyrrole nitrogens is 1. The Hall–Kier alpha value is -1.38. The van der Waals surface area contributed by atoms with Crippen molar-refractivity contribution in [1.82, 2.24) is 9.97 Å². The van der Waals surface area contributed by atoms with E-state index in [1.807, 2.05) is 6.20 Å². The van der Waals surface area contributed by atoms with Gasteiger partial charge < -0.3 is 4.98 Å². The second-order valence-electron chi connectivity index (χ2n) is 4.32. The normalized spacial score (nSPS) is 16.5. The largest absolute Gasteiger partial charge is 0.342 e. The monoisotopic (exact) mass is 203 g/mol. The molecule has 0 saturated heterocycles. The number of hydrogen-bond acceptors (Lipinski definition) is 2. The van der Waals surface area contributed by atoms with Crippen molar-refractivity contribution in [3.05, 3.63) is 23.8 Å². The van der Waals surface area contributed by atoms with Crippen molar-refractivity contribution in [3.63, 3.8) is 0 Å². The van der Waals surface area contributed by atoms with Crippen LogP contribution in [0.15, 0.2) is 17.3 Å². The van der Waals surface area contributed by atoms with Gasteiger partial charge in [0.2, 0.25) is 0 Å². The molecule has 1 aromatic rings. The van der Waals surface area contributed by atoms with Crippen molar-refractivity contribution in [1.29, 1.82) is 0 Å². The van der Waals surface area contributed by atoms with Crippen LogP contribution in [0.3, 0.4) is 0 Å². The molecule has 80 valence electrons. The van der Waals surface area contributed by atoms with Gasteiger partial charge in [-0.3, -0.25) is 4.99 Å². The van der Waals surface area contributed by atoms with E-state index in [0.717, 1.165) is 24.5 Å². The molecule has 1 N–H and O–H groups in total. The van der Waals surface area contributed by atoms with Gasteiger partial charge in [-0.2, -0.15) is 0 Å². The Bertz CT molecular complexity index is 410. The molecule has 3 nitrogen and oxygen atoms in total. The minimum atomic E-state index is 0.452. The van der Waals surface area contributed by atoms with E-state index in [9.17, 15) is 0 Å². The third-order valence-corrected chi connectivity index (χ3v) is 2.65. The van der Waals surface area contributed by atoms with Crippen LogP contribution < -0.4 is 0 Å². The molecule has 0 radical (unpaired) electrons. The standard InChI is InChI=1S/C12H17N3/c1-8(2)12-14-7-11(15-12)10-5-4-9(3)13-6-10/h5,7-8H,4,6H2,1-3H3,(H,14,15). The van der Waals surface area contributed by atoms with Crippen LogP contribution in [0.25, 0.3) is 5.57 Å². The molecule has 0 saturated carbocycles. The lowest BCUT2D eigenvalue weighted by Gasteiger charge is -2.09. The first-order valence-electron chi connectivity index (χ1n) is 5.41. The van der Waals surface area contributed by atoms with E-state index in [1.54, 1.807) is 0 Å². The summed E-state index contributed by atoms with van der Waals surface area (Å²) < 4.78 is 0. The maximum absolute atomic E-state index is 4.44. The molecule has 0 bridgehead atoms. The van der Waals surface area contributed by atoms with E-state index in [0.29, 0.717) is 5.92 Å². The van der Waals surface area contributed by atoms with Crippen molar-refractivity contribution in [3.8, 4) is 0 Å². The first kappa shape index (κ1) is 10.1. The van der Waals surface area contributed by atoms with Gasteiger partial charge in [0, 0.05) is 18.1 Å². The summed E-state index contributed by atoms with van der Waals surface area (Å²) in [6, 6.07) is 0. The summed E-state index contributed by atoms with van der Waals surface area (Å²) in [6.07, 6.45) is 5.11. The van der Waals surface area contributed by atoms with Crippen LogP contribution in [0.1, 0.15) is 44.6 Å². The van der Waals surface area contributed by atoms with Gasteiger partial charge in [0.15, 0.2) is 0 Å². The fourth-order valence-corrected chi connectivity index (χ4v) is 1.61. The van der Waals surface area contributed by atoms with Gasteiger partial charge in [-0.15, -0.1) is 0 Å². The lowest BCUT2D eigenvalue weighted by molar-refractivity contribution is 0.793. The Morgan fingerprint density at radius 2 is 2.20 bits per heavy atom. The number of imidazole rings is 1. The molecule has 0 spiro atoms. The van der Waals surface area contributed by atoms with Crippen molar-refractivity contribution >= 4 is 11.3 Å². The summed E-state index contributed by atoms with van der Waals surface area (Å²) in [7, 11) is 0. The predicted octanol–water partition coefficient (Wildman–Crippen LogP) is 2.78. The van der Waals surface area contributed by atoms with Gasteiger partial charge in [-0.1, -0.05) is 19.9 Å². The van der Waals surface area contributed by atoms with Crippen LogP contribution in [0.2, 0.25) is 0 Å². The van der Waals surface area contributed by atoms with Gasteiger partial charge in [0.25, 0.3) is 0 Å². The Morgan fingerprint density at radius 1 is 1.40 bits per heavy atom. The number of nitrogens with zero attached hydrogens (tertiary/aromatic N) is 2. The summed E-state index contributed by atoms with van der Waals surface area (Å²) in [4.78, 5) is 12.2. The van der Waals surface area contributed by atoms with Crippen LogP contribution in [0.5, 0.6) is 0 Å². The molecule has 1 aliphatic rings. The Balaban J connectivity index is 2.17. The van der Waals surface area contributed by atoms with Gasteiger partial charge >= 0.3 is 0 Å². The lowest BCUT2D eigenvalue weighted by Crippen LogP contribution is -2.02. The quantitative estimate of drug-likeness (QED) is 0.789. The van der Waals surface area contributed by atoms with Gasteiger partial charge in [-0.25, -0.2) is 4.98 Å². The number of aromatic nitrogens is 2. The van der Waals surface area contributed by atoms with E-state index in [2.05, 4.69) is 41.8 Å². The highest BCUT2D eigenvalue weighted by molar-refractivity contribution is 5.88. The topological polar surface area (TPSA) is 41.0 Å². The van der Waals surface area contributed by atoms with Crippen LogP contribution in [-0.2, 0) is 0 Å². The molecule has 0 unspecified atom stereocenters. The number of aliphatic imine (C=N–C) groups is 1. The zero-order chi connectivity index (χ0) is 10.8. The molecule has 0 aliphatic carbocycles. The van der Waals surface area contributed by atoms with Gasteiger partial charge in [-0.05, 0) is 12.5 Å². The lowest BCUT2D eigenvalue weighted by atomic mass is 10.1. The molecule has 1 aromatic heterocycles. The Labute approximate surface area is 90.3 Å². The minimum absolute atomic E-state index is 0.452. The van der Waals surface area contributed by atoms with Crippen LogP contribution in [0.4, 0.5) is 0 Å². The van der Waals surface area contributed by atoms with Crippen molar-refractivity contribution in [2.45, 2.75) is 33.1 Å². The average Bonchev–Trinajstić information content (AvgIpc) is 2.68. The number of hydrogen-bond donors (Lipinski definition) is 1. The highest BCUT2D eigenvalue weighted by Crippen LogP contribution is 2.19. The minimum Gasteiger partial charge on any atom is -0.342 e. The van der Waals surface area contributed by atoms with Gasteiger partial charge in [0.1, 0.15) is 5.82 Å². The first-order chi connectivity index (χ1) is 7.16. The number of dihydropyridines is 1. The van der Waals surface area contributed by atoms with Crippen molar-refractivity contribution in [2.75, 3.05) is 6.54 Å². The van der Waals surface area contributed by atoms with Crippen molar-refractivity contribution < 1.29 is 0 Å². The van der Waals surface area contributed by atoms with Crippen LogP contribution in [-0.4, -0.2) is 22.2 Å². The molecule has 0 aromatic carbocycles. The molecule has 3 heteroatoms. The molecule has 2 rings (SSSR count). The Kier molecular flexibility index (Phi) is 2.71. The molecule has 0 atom stereocenters. The molecule has 0 fully saturated rings. The highest BCUT2D eigenvalue weighted by Gasteiger charge is 2.10. The summed E-state index contributed by atoms with van der Waals surface area (Å²) in [5.74, 6) is 1.50. The molecule has 1 aliphatic heterocycles. The maximum atomic E-state index is 4.44. The number of nitrogens with one attached hydrogen (secondary N) is 1. The highest BCUT2D eigenvalue weighted by atomic mass is 14.9. The predicted molar refractivity (Wildman–Crippen MR) is 63.2 cm³/mol. The molecular weight excluding hydrogens is 186 g/mol. The van der Waals surface area contributed by atoms with E-state index in [1.165, 1.54) is 11.3 Å². The zero-order valence-electron chi connectivity index (χ0n) is 9.54. The van der Waals surface area contributed by atoms with E-state index >= 15 is 0 Å². The number of allylic oxidation sites excluding steroid dienone is 1. The third-order valence-electron chi connectivity index (χ3n) is 2.65. The van der Waals surface area contributed by atoms with Crippen LogP contribution >= 0.6 is 0 Å². The molecule has 0 amide bonds. The molecular formula is C12H17N3. The first-order valence-corrected chi connectivity index (χ1v) is 5.41. The smallest absolute Gasteiger partial charge is 0.109 e. The second kappa shape index (κ2) is 4.01. The van der Waals surface area contributed by atoms with E-state index in [-0.39, 0.29) is 0 Å². The van der Waals surface area contributed by atoms with Crippen LogP contribution in [0, 0.1) is 0 Å². The second-order valence-corrected chi connectivity index (χ2v) is 4.32. The molecule has 2 heterocycles. The summed E-state index contributed by atoms with van der Waals surface area (Å²) >= 11 is 0. The fourth-order valence-electron chi connectivity index (χ4n) is 1.61. The van der Waals surface area contributed by atoms with E-state index in [4.69, 9.17) is 0 Å². The third kappa shape index (κ3) is 2.17. The summed E-state index contributed by atoms with van der Waals surface area (Å²) in [5.41, 5.74) is 3.59. The fraction of sp³-hybridized carbons (Fsp3) is 0.500. The van der Waals surface area contributed by atoms with Gasteiger partial charge in [0.05, 0.1) is 18.4 Å². The summed E-state index contributed by atoms with van der Waals surface area (Å²) in [5, 5.41) is 0. The zero-order valence-corrected chi connectivity index (χ0v) is 9.54. The Morgan fingerprint density at radius 3 is 2.73 bits per heavy atom.